The highest BCUT2D eigenvalue weighted by molar-refractivity contribution is 7.16. The van der Waals surface area contributed by atoms with Crippen LogP contribution in [0.4, 0.5) is 24.8 Å². The molecule has 6 nitrogen and oxygen atoms in total. The molecule has 184 valence electrons. The highest BCUT2D eigenvalue weighted by Gasteiger charge is 2.39. The highest BCUT2D eigenvalue weighted by Crippen LogP contribution is 2.45. The number of aromatic nitrogens is 3. The van der Waals surface area contributed by atoms with Gasteiger partial charge < -0.3 is 10.1 Å². The molecule has 1 N–H and O–H groups in total. The van der Waals surface area contributed by atoms with Gasteiger partial charge in [-0.25, -0.2) is 15.0 Å². The molecule has 35 heavy (non-hydrogen) atoms. The zero-order valence-corrected chi connectivity index (χ0v) is 20.5. The minimum absolute atomic E-state index is 0.129. The molecular formula is C25H25F3N4O2S. The van der Waals surface area contributed by atoms with E-state index < -0.39 is 11.9 Å². The SMILES string of the molecule is COC(=O)C1CC=C(c2ncc(-c3cc(C)cc(Nc4nccc(C(F)(F)F)n4)c3)s2)CC1(C)C. The molecule has 1 aliphatic carbocycles. The molecule has 0 radical (unpaired) electrons. The maximum atomic E-state index is 13.0. The summed E-state index contributed by atoms with van der Waals surface area (Å²) in [6.45, 7) is 6.03. The number of ether oxygens (including phenoxy) is 1. The van der Waals surface area contributed by atoms with Crippen LogP contribution in [0.1, 0.15) is 43.0 Å². The molecule has 1 unspecified atom stereocenters. The lowest BCUT2D eigenvalue weighted by molar-refractivity contribution is -0.149. The van der Waals surface area contributed by atoms with E-state index in [1.54, 1.807) is 6.20 Å². The number of esters is 1. The van der Waals surface area contributed by atoms with E-state index in [2.05, 4.69) is 40.2 Å². The molecular weight excluding hydrogens is 477 g/mol. The minimum Gasteiger partial charge on any atom is -0.469 e. The van der Waals surface area contributed by atoms with E-state index >= 15 is 0 Å². The van der Waals surface area contributed by atoms with Gasteiger partial charge in [-0.2, -0.15) is 13.2 Å². The molecule has 0 bridgehead atoms. The molecule has 0 saturated heterocycles. The van der Waals surface area contributed by atoms with Gasteiger partial charge in [0, 0.05) is 18.1 Å². The normalized spacial score (nSPS) is 17.6. The number of hydrogen-bond acceptors (Lipinski definition) is 7. The van der Waals surface area contributed by atoms with Crippen LogP contribution in [0.25, 0.3) is 16.0 Å². The second-order valence-electron chi connectivity index (χ2n) is 9.21. The van der Waals surface area contributed by atoms with Gasteiger partial charge in [0.05, 0.1) is 17.9 Å². The maximum absolute atomic E-state index is 13.0. The van der Waals surface area contributed by atoms with Gasteiger partial charge in [0.1, 0.15) is 10.7 Å². The van der Waals surface area contributed by atoms with Gasteiger partial charge >= 0.3 is 12.1 Å². The minimum atomic E-state index is -4.55. The Bertz CT molecular complexity index is 1280. The van der Waals surface area contributed by atoms with Crippen molar-refractivity contribution >= 4 is 34.5 Å². The van der Waals surface area contributed by atoms with Crippen LogP contribution in [-0.4, -0.2) is 28.0 Å². The maximum Gasteiger partial charge on any atom is 0.433 e. The molecule has 10 heteroatoms. The van der Waals surface area contributed by atoms with Crippen LogP contribution < -0.4 is 5.32 Å². The molecule has 0 fully saturated rings. The van der Waals surface area contributed by atoms with Crippen LogP contribution in [0.15, 0.2) is 42.7 Å². The van der Waals surface area contributed by atoms with Crippen LogP contribution in [0, 0.1) is 18.3 Å². The van der Waals surface area contributed by atoms with Gasteiger partial charge in [-0.15, -0.1) is 11.3 Å². The van der Waals surface area contributed by atoms with Crippen molar-refractivity contribution in [2.24, 2.45) is 11.3 Å². The summed E-state index contributed by atoms with van der Waals surface area (Å²) in [5, 5.41) is 3.76. The van der Waals surface area contributed by atoms with Crippen molar-refractivity contribution < 1.29 is 22.7 Å². The third-order valence-corrected chi connectivity index (χ3v) is 7.14. The molecule has 2 heterocycles. The monoisotopic (exact) mass is 502 g/mol. The number of anilines is 2. The Labute approximate surface area is 205 Å². The fourth-order valence-corrected chi connectivity index (χ4v) is 5.19. The van der Waals surface area contributed by atoms with Crippen molar-refractivity contribution in [2.75, 3.05) is 12.4 Å². The largest absolute Gasteiger partial charge is 0.469 e. The Hall–Kier alpha value is -3.27. The predicted molar refractivity (Wildman–Crippen MR) is 129 cm³/mol. The Morgan fingerprint density at radius 1 is 1.23 bits per heavy atom. The summed E-state index contributed by atoms with van der Waals surface area (Å²) in [7, 11) is 1.41. The van der Waals surface area contributed by atoms with Gasteiger partial charge in [-0.3, -0.25) is 4.79 Å². The summed E-state index contributed by atoms with van der Waals surface area (Å²) < 4.78 is 43.9. The topological polar surface area (TPSA) is 77.0 Å². The van der Waals surface area contributed by atoms with E-state index in [1.807, 2.05) is 25.1 Å². The van der Waals surface area contributed by atoms with E-state index in [0.29, 0.717) is 18.5 Å². The fraction of sp³-hybridized carbons (Fsp3) is 0.360. The zero-order chi connectivity index (χ0) is 25.4. The molecule has 3 aromatic rings. The Balaban J connectivity index is 1.58. The molecule has 0 saturated carbocycles. The number of allylic oxidation sites excluding steroid dienone is 2. The summed E-state index contributed by atoms with van der Waals surface area (Å²) in [5.41, 5.74) is 2.21. The zero-order valence-electron chi connectivity index (χ0n) is 19.7. The molecule has 2 aromatic heterocycles. The third-order valence-electron chi connectivity index (χ3n) is 6.02. The summed E-state index contributed by atoms with van der Waals surface area (Å²) >= 11 is 1.53. The number of halogens is 3. The lowest BCUT2D eigenvalue weighted by atomic mass is 9.69. The first kappa shape index (κ1) is 24.8. The molecule has 0 amide bonds. The summed E-state index contributed by atoms with van der Waals surface area (Å²) in [6, 6.07) is 6.47. The lowest BCUT2D eigenvalue weighted by Crippen LogP contribution is -2.34. The van der Waals surface area contributed by atoms with Crippen molar-refractivity contribution in [3.05, 3.63) is 59.0 Å². The number of carbonyl (C=O) groups is 1. The van der Waals surface area contributed by atoms with Crippen LogP contribution >= 0.6 is 11.3 Å². The second-order valence-corrected chi connectivity index (χ2v) is 10.2. The van der Waals surface area contributed by atoms with Crippen LogP contribution in [-0.2, 0) is 15.7 Å². The number of thiazole rings is 1. The van der Waals surface area contributed by atoms with E-state index in [1.165, 1.54) is 18.4 Å². The number of aryl methyl sites for hydroxylation is 1. The van der Waals surface area contributed by atoms with Gasteiger partial charge in [-0.1, -0.05) is 26.0 Å². The third kappa shape index (κ3) is 5.53. The van der Waals surface area contributed by atoms with Crippen molar-refractivity contribution in [1.29, 1.82) is 0 Å². The second kappa shape index (κ2) is 9.41. The van der Waals surface area contributed by atoms with Gasteiger partial charge in [-0.05, 0) is 60.1 Å². The van der Waals surface area contributed by atoms with E-state index in [-0.39, 0.29) is 23.3 Å². The van der Waals surface area contributed by atoms with Crippen molar-refractivity contribution in [2.45, 2.75) is 39.8 Å². The number of hydrogen-bond donors (Lipinski definition) is 1. The highest BCUT2D eigenvalue weighted by atomic mass is 32.1. The standard InChI is InChI=1S/C25H25F3N4O2S/c1-14-9-16(11-17(10-14)31-23-29-8-7-20(32-23)25(26,27)28)19-13-30-21(35-19)15-5-6-18(22(33)34-4)24(2,3)12-15/h5,7-11,13,18H,6,12H2,1-4H3,(H,29,31,32). The van der Waals surface area contributed by atoms with Crippen LogP contribution in [0.2, 0.25) is 0 Å². The van der Waals surface area contributed by atoms with Crippen molar-refractivity contribution in [1.82, 2.24) is 15.0 Å². The van der Waals surface area contributed by atoms with Crippen LogP contribution in [0.3, 0.4) is 0 Å². The average Bonchev–Trinajstić information content (AvgIpc) is 3.28. The van der Waals surface area contributed by atoms with E-state index in [4.69, 9.17) is 4.74 Å². The number of carbonyl (C=O) groups excluding carboxylic acids is 1. The van der Waals surface area contributed by atoms with E-state index in [0.717, 1.165) is 38.8 Å². The number of nitrogens with zero attached hydrogens (tertiary/aromatic N) is 3. The first-order chi connectivity index (χ1) is 16.5. The van der Waals surface area contributed by atoms with E-state index in [9.17, 15) is 18.0 Å². The van der Waals surface area contributed by atoms with Crippen molar-refractivity contribution in [3.8, 4) is 10.4 Å². The molecule has 1 aliphatic rings. The summed E-state index contributed by atoms with van der Waals surface area (Å²) in [5.74, 6) is -0.523. The Morgan fingerprint density at radius 2 is 2.00 bits per heavy atom. The molecule has 0 aliphatic heterocycles. The number of benzene rings is 1. The molecule has 4 rings (SSSR count). The summed E-state index contributed by atoms with van der Waals surface area (Å²) in [6.07, 6.45) is 1.68. The number of rotatable bonds is 5. The first-order valence-corrected chi connectivity index (χ1v) is 11.8. The van der Waals surface area contributed by atoms with Gasteiger partial charge in [0.2, 0.25) is 5.95 Å². The van der Waals surface area contributed by atoms with Crippen molar-refractivity contribution in [3.63, 3.8) is 0 Å². The number of alkyl halides is 3. The smallest absolute Gasteiger partial charge is 0.433 e. The molecule has 0 spiro atoms. The van der Waals surface area contributed by atoms with Gasteiger partial charge in [0.15, 0.2) is 0 Å². The Kier molecular flexibility index (Phi) is 6.68. The number of methoxy groups -OCH3 is 1. The lowest BCUT2D eigenvalue weighted by Gasteiger charge is -2.36. The number of nitrogens with one attached hydrogen (secondary N) is 1. The average molecular weight is 503 g/mol. The predicted octanol–water partition coefficient (Wildman–Crippen LogP) is 6.66. The quantitative estimate of drug-likeness (QED) is 0.393. The Morgan fingerprint density at radius 3 is 2.69 bits per heavy atom. The molecule has 1 aromatic carbocycles. The fourth-order valence-electron chi connectivity index (χ4n) is 4.25. The molecule has 1 atom stereocenters. The van der Waals surface area contributed by atoms with Gasteiger partial charge in [0.25, 0.3) is 0 Å². The first-order valence-electron chi connectivity index (χ1n) is 11.0. The van der Waals surface area contributed by atoms with Crippen LogP contribution in [0.5, 0.6) is 0 Å². The summed E-state index contributed by atoms with van der Waals surface area (Å²) in [4.78, 5) is 25.2.